The molecule has 0 fully saturated rings. The zero-order valence-corrected chi connectivity index (χ0v) is 34.6. The predicted octanol–water partition coefficient (Wildman–Crippen LogP) is 9.63. The highest BCUT2D eigenvalue weighted by Crippen LogP contribution is 2.12. The SMILES string of the molecule is CC/C=C/C/C=C/C/C=C/C/C=C/CCCCCCCCC(=O)OC(COCCC(C(=O)[O-])[N+](C)(C)C)COC(=O)CCC/C=C/C/C=C/C/C=C/CC. The van der Waals surface area contributed by atoms with Crippen molar-refractivity contribution in [1.82, 2.24) is 0 Å². The normalized spacial score (nSPS) is 13.9. The molecule has 0 heterocycles. The van der Waals surface area contributed by atoms with Gasteiger partial charge in [-0.3, -0.25) is 9.59 Å². The Bertz CT molecular complexity index is 1160. The highest BCUT2D eigenvalue weighted by Gasteiger charge is 2.25. The second-order valence-corrected chi connectivity index (χ2v) is 14.5. The molecule has 0 aliphatic carbocycles. The van der Waals surface area contributed by atoms with Crippen LogP contribution in [0.3, 0.4) is 0 Å². The minimum Gasteiger partial charge on any atom is -0.544 e. The fraction of sp³-hybridized carbons (Fsp3) is 0.630. The molecule has 0 saturated heterocycles. The minimum atomic E-state index is -1.14. The highest BCUT2D eigenvalue weighted by atomic mass is 16.6. The molecule has 0 bridgehead atoms. The summed E-state index contributed by atoms with van der Waals surface area (Å²) in [6, 6.07) is -0.739. The molecule has 0 aromatic heterocycles. The molecule has 8 heteroatoms. The average molecular weight is 754 g/mol. The fourth-order valence-corrected chi connectivity index (χ4v) is 5.38. The van der Waals surface area contributed by atoms with Crippen LogP contribution in [0.5, 0.6) is 0 Å². The quantitative estimate of drug-likeness (QED) is 0.0275. The van der Waals surface area contributed by atoms with Crippen LogP contribution in [0.1, 0.15) is 136 Å². The number of carboxylic acids is 1. The van der Waals surface area contributed by atoms with Crippen LogP contribution < -0.4 is 5.11 Å². The van der Waals surface area contributed by atoms with Crippen molar-refractivity contribution < 1.29 is 38.2 Å². The Morgan fingerprint density at radius 1 is 0.556 bits per heavy atom. The summed E-state index contributed by atoms with van der Waals surface area (Å²) >= 11 is 0. The molecule has 0 rings (SSSR count). The predicted molar refractivity (Wildman–Crippen MR) is 222 cm³/mol. The lowest BCUT2D eigenvalue weighted by atomic mass is 10.1. The number of hydrogen-bond donors (Lipinski definition) is 0. The highest BCUT2D eigenvalue weighted by molar-refractivity contribution is 5.70. The van der Waals surface area contributed by atoms with Crippen molar-refractivity contribution >= 4 is 17.9 Å². The van der Waals surface area contributed by atoms with Gasteiger partial charge in [0.25, 0.3) is 0 Å². The Labute approximate surface area is 329 Å². The van der Waals surface area contributed by atoms with E-state index in [9.17, 15) is 19.5 Å². The smallest absolute Gasteiger partial charge is 0.306 e. The lowest BCUT2D eigenvalue weighted by Crippen LogP contribution is -2.55. The van der Waals surface area contributed by atoms with Gasteiger partial charge in [0, 0.05) is 19.3 Å². The summed E-state index contributed by atoms with van der Waals surface area (Å²) in [6.45, 7) is 4.33. The van der Waals surface area contributed by atoms with Gasteiger partial charge in [-0.2, -0.15) is 0 Å². The summed E-state index contributed by atoms with van der Waals surface area (Å²) in [5.41, 5.74) is 0. The molecular weight excluding hydrogens is 679 g/mol. The molecular formula is C46H75NO7. The Balaban J connectivity index is 4.45. The van der Waals surface area contributed by atoms with E-state index in [4.69, 9.17) is 14.2 Å². The van der Waals surface area contributed by atoms with Crippen molar-refractivity contribution in [2.75, 3.05) is 41.0 Å². The van der Waals surface area contributed by atoms with Crippen molar-refractivity contribution in [3.05, 3.63) is 85.1 Å². The van der Waals surface area contributed by atoms with Crippen LogP contribution in [0.15, 0.2) is 85.1 Å². The van der Waals surface area contributed by atoms with E-state index >= 15 is 0 Å². The van der Waals surface area contributed by atoms with E-state index in [1.165, 1.54) is 12.8 Å². The number of rotatable bonds is 35. The molecule has 0 N–H and O–H groups in total. The van der Waals surface area contributed by atoms with Gasteiger partial charge in [-0.1, -0.05) is 125 Å². The van der Waals surface area contributed by atoms with Crippen LogP contribution in [0.25, 0.3) is 0 Å². The van der Waals surface area contributed by atoms with Gasteiger partial charge in [0.15, 0.2) is 6.10 Å². The third-order valence-electron chi connectivity index (χ3n) is 8.53. The van der Waals surface area contributed by atoms with Gasteiger partial charge in [0.2, 0.25) is 0 Å². The summed E-state index contributed by atoms with van der Waals surface area (Å²) in [6.07, 6.45) is 46.2. The molecule has 54 heavy (non-hydrogen) atoms. The van der Waals surface area contributed by atoms with Crippen molar-refractivity contribution in [3.8, 4) is 0 Å². The first kappa shape index (κ1) is 50.5. The molecule has 0 aromatic carbocycles. The van der Waals surface area contributed by atoms with E-state index < -0.39 is 18.1 Å². The van der Waals surface area contributed by atoms with Crippen molar-refractivity contribution in [2.45, 2.75) is 148 Å². The summed E-state index contributed by atoms with van der Waals surface area (Å²) in [7, 11) is 5.37. The number of carbonyl (C=O) groups excluding carboxylic acids is 3. The Morgan fingerprint density at radius 2 is 1.00 bits per heavy atom. The standard InChI is InChI=1S/C46H75NO7/c1-6-8-10-12-14-16-18-19-20-21-22-23-24-25-27-29-31-33-35-37-45(49)54-42(40-52-39-38-43(46(50)51)47(3,4)5)41-53-44(48)36-34-32-30-28-26-17-15-13-11-9-7-2/h8-11,14-17,19-20,22-23,28,30,42-43H,6-7,12-13,18,21,24-27,29,31-41H2,1-5H3/b10-8+,11-9+,16-14+,17-15+,20-19+,23-22+,30-28+. The van der Waals surface area contributed by atoms with E-state index in [1.807, 2.05) is 0 Å². The summed E-state index contributed by atoms with van der Waals surface area (Å²) in [5.74, 6) is -1.84. The molecule has 0 amide bonds. The average Bonchev–Trinajstić information content (AvgIpc) is 3.12. The maximum Gasteiger partial charge on any atom is 0.306 e. The number of hydrogen-bond acceptors (Lipinski definition) is 7. The number of likely N-dealkylation sites (N-methyl/N-ethyl adjacent to an activating group) is 1. The first-order chi connectivity index (χ1) is 26.1. The van der Waals surface area contributed by atoms with Crippen LogP contribution in [0.2, 0.25) is 0 Å². The van der Waals surface area contributed by atoms with Crippen molar-refractivity contribution in [1.29, 1.82) is 0 Å². The van der Waals surface area contributed by atoms with Crippen LogP contribution in [-0.4, -0.2) is 75.5 Å². The lowest BCUT2D eigenvalue weighted by molar-refractivity contribution is -0.889. The van der Waals surface area contributed by atoms with E-state index in [-0.39, 0.29) is 55.5 Å². The van der Waals surface area contributed by atoms with Crippen molar-refractivity contribution in [3.63, 3.8) is 0 Å². The van der Waals surface area contributed by atoms with E-state index in [1.54, 1.807) is 21.1 Å². The largest absolute Gasteiger partial charge is 0.544 e. The molecule has 2 unspecified atom stereocenters. The van der Waals surface area contributed by atoms with E-state index in [0.29, 0.717) is 6.42 Å². The Hall–Kier alpha value is -3.49. The maximum atomic E-state index is 12.7. The maximum absolute atomic E-state index is 12.7. The third kappa shape index (κ3) is 34.3. The monoisotopic (exact) mass is 754 g/mol. The first-order valence-corrected chi connectivity index (χ1v) is 20.6. The van der Waals surface area contributed by atoms with E-state index in [2.05, 4.69) is 98.9 Å². The number of nitrogens with zero attached hydrogens (tertiary/aromatic N) is 1. The number of quaternary nitrogens is 1. The van der Waals surface area contributed by atoms with Crippen LogP contribution in [0, 0.1) is 0 Å². The number of ether oxygens (including phenoxy) is 3. The number of carbonyl (C=O) groups is 3. The number of aliphatic carboxylic acids is 1. The second-order valence-electron chi connectivity index (χ2n) is 14.5. The van der Waals surface area contributed by atoms with Gasteiger partial charge in [-0.05, 0) is 77.0 Å². The van der Waals surface area contributed by atoms with Crippen LogP contribution in [-0.2, 0) is 28.6 Å². The van der Waals surface area contributed by atoms with Crippen LogP contribution in [0.4, 0.5) is 0 Å². The van der Waals surface area contributed by atoms with Gasteiger partial charge in [-0.25, -0.2) is 0 Å². The molecule has 0 aliphatic rings. The number of carboxylic acid groups (broad SMARTS) is 1. The van der Waals surface area contributed by atoms with Gasteiger partial charge >= 0.3 is 11.9 Å². The number of unbranched alkanes of at least 4 members (excludes halogenated alkanes) is 7. The molecule has 0 aromatic rings. The zero-order chi connectivity index (χ0) is 40.0. The van der Waals surface area contributed by atoms with Gasteiger partial charge in [-0.15, -0.1) is 0 Å². The Kier molecular flexibility index (Phi) is 34.1. The molecule has 0 radical (unpaired) electrons. The topological polar surface area (TPSA) is 102 Å². The molecule has 0 saturated carbocycles. The zero-order valence-electron chi connectivity index (χ0n) is 34.6. The fourth-order valence-electron chi connectivity index (χ4n) is 5.38. The molecule has 306 valence electrons. The summed E-state index contributed by atoms with van der Waals surface area (Å²) < 4.78 is 17.0. The van der Waals surface area contributed by atoms with Gasteiger partial charge in [0.1, 0.15) is 12.6 Å². The Morgan fingerprint density at radius 3 is 1.50 bits per heavy atom. The third-order valence-corrected chi connectivity index (χ3v) is 8.53. The van der Waals surface area contributed by atoms with E-state index in [0.717, 1.165) is 83.5 Å². The minimum absolute atomic E-state index is 0.0136. The van der Waals surface area contributed by atoms with Crippen LogP contribution >= 0.6 is 0 Å². The summed E-state index contributed by atoms with van der Waals surface area (Å²) in [5, 5.41) is 11.6. The molecule has 2 atom stereocenters. The lowest BCUT2D eigenvalue weighted by Gasteiger charge is -2.34. The van der Waals surface area contributed by atoms with Gasteiger partial charge < -0.3 is 28.6 Å². The van der Waals surface area contributed by atoms with Gasteiger partial charge in [0.05, 0.1) is 40.3 Å². The number of allylic oxidation sites excluding steroid dienone is 14. The molecule has 0 aliphatic heterocycles. The van der Waals surface area contributed by atoms with Crippen molar-refractivity contribution in [2.24, 2.45) is 0 Å². The summed E-state index contributed by atoms with van der Waals surface area (Å²) in [4.78, 5) is 36.7. The number of esters is 2. The first-order valence-electron chi connectivity index (χ1n) is 20.6. The molecule has 8 nitrogen and oxygen atoms in total. The second kappa shape index (κ2) is 36.5. The molecule has 0 spiro atoms.